The molecule has 7 nitrogen and oxygen atoms in total. The van der Waals surface area contributed by atoms with Gasteiger partial charge in [-0.2, -0.15) is 0 Å². The number of nitrogens with zero attached hydrogens (tertiary/aromatic N) is 5. The van der Waals surface area contributed by atoms with E-state index >= 15 is 0 Å². The second-order valence-electron chi connectivity index (χ2n) is 7.06. The number of rotatable bonds is 3. The van der Waals surface area contributed by atoms with Crippen molar-refractivity contribution in [1.29, 1.82) is 0 Å². The lowest BCUT2D eigenvalue weighted by Gasteiger charge is -2.38. The van der Waals surface area contributed by atoms with Crippen LogP contribution in [-0.2, 0) is 22.5 Å². The highest BCUT2D eigenvalue weighted by Gasteiger charge is 2.31. The predicted octanol–water partition coefficient (Wildman–Crippen LogP) is 0.682. The summed E-state index contributed by atoms with van der Waals surface area (Å²) in [5.41, 5.74) is 2.46. The molecular weight excluding hydrogens is 318 g/mol. The Bertz CT molecular complexity index is 624. The summed E-state index contributed by atoms with van der Waals surface area (Å²) in [4.78, 5) is 28.3. The van der Waals surface area contributed by atoms with Crippen molar-refractivity contribution in [2.75, 3.05) is 50.8 Å². The molecule has 0 radical (unpaired) electrons. The molecule has 1 aromatic heterocycles. The number of aromatic nitrogens is 2. The third kappa shape index (κ3) is 3.35. The topological polar surface area (TPSA) is 61.8 Å². The minimum atomic E-state index is -0.212. The Morgan fingerprint density at radius 3 is 2.80 bits per heavy atom. The van der Waals surface area contributed by atoms with E-state index in [0.717, 1.165) is 77.5 Å². The van der Waals surface area contributed by atoms with Gasteiger partial charge in [0.05, 0.1) is 5.69 Å². The number of amides is 1. The first-order chi connectivity index (χ1) is 12.3. The van der Waals surface area contributed by atoms with E-state index in [4.69, 9.17) is 4.74 Å². The highest BCUT2D eigenvalue weighted by molar-refractivity contribution is 5.81. The van der Waals surface area contributed by atoms with Crippen molar-refractivity contribution in [2.45, 2.75) is 38.8 Å². The number of hydrogen-bond donors (Lipinski definition) is 0. The quantitative estimate of drug-likeness (QED) is 0.803. The van der Waals surface area contributed by atoms with Gasteiger partial charge in [0.25, 0.3) is 5.91 Å². The molecule has 25 heavy (non-hydrogen) atoms. The van der Waals surface area contributed by atoms with Crippen molar-refractivity contribution >= 4 is 11.7 Å². The normalized spacial score (nSPS) is 24.4. The van der Waals surface area contributed by atoms with Gasteiger partial charge >= 0.3 is 0 Å². The molecule has 1 atom stereocenters. The zero-order valence-electron chi connectivity index (χ0n) is 15.0. The van der Waals surface area contributed by atoms with Gasteiger partial charge in [-0.1, -0.05) is 6.92 Å². The van der Waals surface area contributed by atoms with Gasteiger partial charge in [-0.3, -0.25) is 9.69 Å². The molecule has 0 aromatic carbocycles. The standard InChI is InChI=1S/C18H27N5O2/c1-2-21-6-5-15-14(12-21)17(20-13-19-15)22-7-9-23(10-8-22)18(24)16-4-3-11-25-16/h13,16H,2-12H2,1H3/t16-/m0/s1. The van der Waals surface area contributed by atoms with E-state index in [1.54, 1.807) is 6.33 Å². The largest absolute Gasteiger partial charge is 0.368 e. The van der Waals surface area contributed by atoms with E-state index in [1.807, 2.05) is 4.90 Å². The Kier molecular flexibility index (Phi) is 4.85. The molecule has 4 rings (SSSR count). The minimum Gasteiger partial charge on any atom is -0.368 e. The van der Waals surface area contributed by atoms with Crippen LogP contribution < -0.4 is 4.90 Å². The molecule has 3 aliphatic rings. The first-order valence-electron chi connectivity index (χ1n) is 9.46. The van der Waals surface area contributed by atoms with Crippen LogP contribution >= 0.6 is 0 Å². The fourth-order valence-corrected chi connectivity index (χ4v) is 4.04. The molecule has 0 unspecified atom stereocenters. The van der Waals surface area contributed by atoms with Crippen LogP contribution in [-0.4, -0.2) is 77.7 Å². The Morgan fingerprint density at radius 2 is 2.08 bits per heavy atom. The second kappa shape index (κ2) is 7.25. The van der Waals surface area contributed by atoms with Crippen LogP contribution in [0.4, 0.5) is 5.82 Å². The molecule has 1 aromatic rings. The van der Waals surface area contributed by atoms with Crippen molar-refractivity contribution in [1.82, 2.24) is 19.8 Å². The molecule has 1 amide bonds. The second-order valence-corrected chi connectivity index (χ2v) is 7.06. The summed E-state index contributed by atoms with van der Waals surface area (Å²) in [6.45, 7) is 9.12. The van der Waals surface area contributed by atoms with Gasteiger partial charge in [-0.15, -0.1) is 0 Å². The van der Waals surface area contributed by atoms with Gasteiger partial charge in [-0.05, 0) is 19.4 Å². The summed E-state index contributed by atoms with van der Waals surface area (Å²) in [6, 6.07) is 0. The first kappa shape index (κ1) is 16.7. The van der Waals surface area contributed by atoms with Crippen LogP contribution in [0.3, 0.4) is 0 Å². The SMILES string of the molecule is CCN1CCc2ncnc(N3CCN(C(=O)[C@@H]4CCCO4)CC3)c2C1. The molecule has 2 saturated heterocycles. The van der Waals surface area contributed by atoms with Crippen LogP contribution in [0.1, 0.15) is 31.0 Å². The average molecular weight is 345 g/mol. The Labute approximate surface area is 149 Å². The van der Waals surface area contributed by atoms with Gasteiger partial charge in [0.1, 0.15) is 18.2 Å². The van der Waals surface area contributed by atoms with Crippen LogP contribution in [0.5, 0.6) is 0 Å². The lowest BCUT2D eigenvalue weighted by molar-refractivity contribution is -0.141. The third-order valence-corrected chi connectivity index (χ3v) is 5.60. The van der Waals surface area contributed by atoms with Crippen molar-refractivity contribution < 1.29 is 9.53 Å². The number of carbonyl (C=O) groups is 1. The maximum Gasteiger partial charge on any atom is 0.251 e. The van der Waals surface area contributed by atoms with Crippen molar-refractivity contribution in [2.24, 2.45) is 0 Å². The number of carbonyl (C=O) groups excluding carboxylic acids is 1. The van der Waals surface area contributed by atoms with E-state index in [9.17, 15) is 4.79 Å². The number of fused-ring (bicyclic) bond motifs is 1. The summed E-state index contributed by atoms with van der Waals surface area (Å²) in [5, 5.41) is 0. The molecule has 0 bridgehead atoms. The van der Waals surface area contributed by atoms with Gasteiger partial charge in [0, 0.05) is 57.9 Å². The van der Waals surface area contributed by atoms with Crippen molar-refractivity contribution in [3.05, 3.63) is 17.6 Å². The maximum atomic E-state index is 12.5. The molecule has 0 N–H and O–H groups in total. The lowest BCUT2D eigenvalue weighted by Crippen LogP contribution is -2.52. The number of hydrogen-bond acceptors (Lipinski definition) is 6. The molecule has 136 valence electrons. The molecular formula is C18H27N5O2. The molecule has 3 aliphatic heterocycles. The summed E-state index contributed by atoms with van der Waals surface area (Å²) in [5.74, 6) is 1.23. The highest BCUT2D eigenvalue weighted by atomic mass is 16.5. The van der Waals surface area contributed by atoms with E-state index in [1.165, 1.54) is 11.3 Å². The Balaban J connectivity index is 1.44. The van der Waals surface area contributed by atoms with Crippen LogP contribution in [0.25, 0.3) is 0 Å². The number of likely N-dealkylation sites (N-methyl/N-ethyl adjacent to an activating group) is 1. The van der Waals surface area contributed by atoms with E-state index in [-0.39, 0.29) is 12.0 Å². The number of anilines is 1. The Morgan fingerprint density at radius 1 is 1.24 bits per heavy atom. The lowest BCUT2D eigenvalue weighted by atomic mass is 10.1. The average Bonchev–Trinajstić information content (AvgIpc) is 3.21. The summed E-state index contributed by atoms with van der Waals surface area (Å²) < 4.78 is 5.55. The highest BCUT2D eigenvalue weighted by Crippen LogP contribution is 2.26. The summed E-state index contributed by atoms with van der Waals surface area (Å²) >= 11 is 0. The maximum absolute atomic E-state index is 12.5. The monoisotopic (exact) mass is 345 g/mol. The fraction of sp³-hybridized carbons (Fsp3) is 0.722. The zero-order chi connectivity index (χ0) is 17.2. The van der Waals surface area contributed by atoms with Gasteiger partial charge < -0.3 is 14.5 Å². The van der Waals surface area contributed by atoms with Gasteiger partial charge in [-0.25, -0.2) is 9.97 Å². The van der Waals surface area contributed by atoms with E-state index < -0.39 is 0 Å². The number of piperazine rings is 1. The van der Waals surface area contributed by atoms with E-state index in [0.29, 0.717) is 0 Å². The molecule has 0 saturated carbocycles. The third-order valence-electron chi connectivity index (χ3n) is 5.60. The van der Waals surface area contributed by atoms with E-state index in [2.05, 4.69) is 26.7 Å². The van der Waals surface area contributed by atoms with Gasteiger partial charge in [0.2, 0.25) is 0 Å². The fourth-order valence-electron chi connectivity index (χ4n) is 4.04. The zero-order valence-corrected chi connectivity index (χ0v) is 15.0. The van der Waals surface area contributed by atoms with Gasteiger partial charge in [0.15, 0.2) is 0 Å². The summed E-state index contributed by atoms with van der Waals surface area (Å²) in [6.07, 6.45) is 4.34. The molecule has 0 spiro atoms. The summed E-state index contributed by atoms with van der Waals surface area (Å²) in [7, 11) is 0. The van der Waals surface area contributed by atoms with Crippen LogP contribution in [0.15, 0.2) is 6.33 Å². The van der Waals surface area contributed by atoms with Crippen LogP contribution in [0, 0.1) is 0 Å². The smallest absolute Gasteiger partial charge is 0.251 e. The van der Waals surface area contributed by atoms with Crippen molar-refractivity contribution in [3.63, 3.8) is 0 Å². The van der Waals surface area contributed by atoms with Crippen LogP contribution in [0.2, 0.25) is 0 Å². The predicted molar refractivity (Wildman–Crippen MR) is 94.5 cm³/mol. The molecule has 0 aliphatic carbocycles. The van der Waals surface area contributed by atoms with Crippen molar-refractivity contribution in [3.8, 4) is 0 Å². The number of ether oxygens (including phenoxy) is 1. The molecule has 7 heteroatoms. The molecule has 4 heterocycles. The first-order valence-corrected chi connectivity index (χ1v) is 9.46. The molecule has 2 fully saturated rings. The minimum absolute atomic E-state index is 0.166. The Hall–Kier alpha value is -1.73.